The lowest BCUT2D eigenvalue weighted by atomic mass is 10.1. The van der Waals surface area contributed by atoms with E-state index in [2.05, 4.69) is 5.32 Å². The highest BCUT2D eigenvalue weighted by Gasteiger charge is 2.20. The van der Waals surface area contributed by atoms with E-state index in [1.54, 1.807) is 43.5 Å². The third kappa shape index (κ3) is 6.33. The number of benzene rings is 2. The van der Waals surface area contributed by atoms with Crippen molar-refractivity contribution in [1.29, 1.82) is 0 Å². The monoisotopic (exact) mass is 396 g/mol. The zero-order chi connectivity index (χ0) is 19.2. The first-order chi connectivity index (χ1) is 12.3. The molecule has 0 saturated carbocycles. The minimum atomic E-state index is -3.51. The highest BCUT2D eigenvalue weighted by atomic mass is 35.5. The zero-order valence-corrected chi connectivity index (χ0v) is 16.2. The van der Waals surface area contributed by atoms with E-state index in [-0.39, 0.29) is 13.1 Å². The molecule has 0 spiro atoms. The Kier molecular flexibility index (Phi) is 7.02. The number of anilines is 1. The van der Waals surface area contributed by atoms with Crippen LogP contribution in [-0.4, -0.2) is 45.1 Å². The van der Waals surface area contributed by atoms with Crippen LogP contribution in [0.25, 0.3) is 0 Å². The van der Waals surface area contributed by atoms with Gasteiger partial charge in [0.05, 0.1) is 19.9 Å². The molecule has 2 aromatic rings. The summed E-state index contributed by atoms with van der Waals surface area (Å²) in [6.45, 7) is -0.0467. The van der Waals surface area contributed by atoms with Gasteiger partial charge in [0.2, 0.25) is 15.9 Å². The van der Waals surface area contributed by atoms with Crippen LogP contribution in [0.1, 0.15) is 5.56 Å². The second-order valence-electron chi connectivity index (χ2n) is 5.75. The number of methoxy groups -OCH3 is 1. The maximum Gasteiger partial charge on any atom is 0.239 e. The normalized spacial score (nSPS) is 11.4. The number of amides is 1. The first kappa shape index (κ1) is 20.2. The lowest BCUT2D eigenvalue weighted by Gasteiger charge is -2.19. The SMILES string of the molecule is COc1ccc(NC(=O)CN(CCc2ccc(Cl)cc2)S(C)(=O)=O)cc1. The van der Waals surface area contributed by atoms with E-state index in [9.17, 15) is 13.2 Å². The molecule has 0 bridgehead atoms. The van der Waals surface area contributed by atoms with Gasteiger partial charge in [0.25, 0.3) is 0 Å². The third-order valence-electron chi connectivity index (χ3n) is 3.73. The molecule has 1 N–H and O–H groups in total. The summed E-state index contributed by atoms with van der Waals surface area (Å²) in [4.78, 5) is 12.2. The smallest absolute Gasteiger partial charge is 0.239 e. The summed E-state index contributed by atoms with van der Waals surface area (Å²) >= 11 is 5.84. The van der Waals surface area contributed by atoms with Crippen LogP contribution in [0.15, 0.2) is 48.5 Å². The molecule has 2 aromatic carbocycles. The summed E-state index contributed by atoms with van der Waals surface area (Å²) in [7, 11) is -1.96. The Labute approximate surface area is 158 Å². The Morgan fingerprint density at radius 2 is 1.73 bits per heavy atom. The average molecular weight is 397 g/mol. The molecule has 140 valence electrons. The molecule has 0 aromatic heterocycles. The van der Waals surface area contributed by atoms with Crippen LogP contribution in [-0.2, 0) is 21.2 Å². The average Bonchev–Trinajstić information content (AvgIpc) is 2.59. The van der Waals surface area contributed by atoms with E-state index in [1.165, 1.54) is 0 Å². The second kappa shape index (κ2) is 9.02. The molecule has 0 aliphatic heterocycles. The molecule has 0 radical (unpaired) electrons. The first-order valence-electron chi connectivity index (χ1n) is 7.91. The van der Waals surface area contributed by atoms with Gasteiger partial charge in [-0.05, 0) is 48.4 Å². The number of rotatable bonds is 8. The Morgan fingerprint density at radius 1 is 1.12 bits per heavy atom. The molecule has 2 rings (SSSR count). The number of hydrogen-bond acceptors (Lipinski definition) is 4. The largest absolute Gasteiger partial charge is 0.497 e. The van der Waals surface area contributed by atoms with Crippen molar-refractivity contribution in [2.45, 2.75) is 6.42 Å². The first-order valence-corrected chi connectivity index (χ1v) is 10.1. The molecule has 0 aliphatic carbocycles. The molecule has 1 amide bonds. The Morgan fingerprint density at radius 3 is 2.27 bits per heavy atom. The summed E-state index contributed by atoms with van der Waals surface area (Å²) in [6, 6.07) is 14.0. The maximum absolute atomic E-state index is 12.2. The van der Waals surface area contributed by atoms with Crippen LogP contribution in [0.4, 0.5) is 5.69 Å². The molecule has 0 fully saturated rings. The van der Waals surface area contributed by atoms with Crippen LogP contribution in [0.2, 0.25) is 5.02 Å². The summed E-state index contributed by atoms with van der Waals surface area (Å²) < 4.78 is 30.2. The number of carbonyl (C=O) groups excluding carboxylic acids is 1. The quantitative estimate of drug-likeness (QED) is 0.744. The molecule has 6 nitrogen and oxygen atoms in total. The van der Waals surface area contributed by atoms with Crippen molar-refractivity contribution >= 4 is 33.2 Å². The van der Waals surface area contributed by atoms with E-state index < -0.39 is 15.9 Å². The van der Waals surface area contributed by atoms with Gasteiger partial charge in [-0.1, -0.05) is 23.7 Å². The highest BCUT2D eigenvalue weighted by molar-refractivity contribution is 7.88. The molecule has 0 heterocycles. The lowest BCUT2D eigenvalue weighted by Crippen LogP contribution is -2.38. The van der Waals surface area contributed by atoms with Gasteiger partial charge in [0.1, 0.15) is 5.75 Å². The van der Waals surface area contributed by atoms with E-state index >= 15 is 0 Å². The number of ether oxygens (including phenoxy) is 1. The van der Waals surface area contributed by atoms with Gasteiger partial charge >= 0.3 is 0 Å². The summed E-state index contributed by atoms with van der Waals surface area (Å²) in [5.41, 5.74) is 1.51. The highest BCUT2D eigenvalue weighted by Crippen LogP contribution is 2.15. The van der Waals surface area contributed by atoms with Crippen molar-refractivity contribution in [2.75, 3.05) is 31.8 Å². The lowest BCUT2D eigenvalue weighted by molar-refractivity contribution is -0.116. The predicted octanol–water partition coefficient (Wildman–Crippen LogP) is 2.79. The minimum absolute atomic E-state index is 0.205. The number of sulfonamides is 1. The molecular formula is C18H21ClN2O4S. The minimum Gasteiger partial charge on any atom is -0.497 e. The van der Waals surface area contributed by atoms with Gasteiger partial charge < -0.3 is 10.1 Å². The van der Waals surface area contributed by atoms with Crippen molar-refractivity contribution in [3.05, 3.63) is 59.1 Å². The van der Waals surface area contributed by atoms with E-state index in [0.717, 1.165) is 16.1 Å². The van der Waals surface area contributed by atoms with Crippen LogP contribution >= 0.6 is 11.6 Å². The fourth-order valence-corrected chi connectivity index (χ4v) is 3.20. The molecule has 0 saturated heterocycles. The summed E-state index contributed by atoms with van der Waals surface area (Å²) in [5, 5.41) is 3.30. The van der Waals surface area contributed by atoms with Gasteiger partial charge in [-0.25, -0.2) is 8.42 Å². The number of halogens is 1. The summed E-state index contributed by atoms with van der Waals surface area (Å²) in [5.74, 6) is 0.264. The molecule has 0 unspecified atom stereocenters. The van der Waals surface area contributed by atoms with E-state index in [1.807, 2.05) is 12.1 Å². The van der Waals surface area contributed by atoms with Gasteiger partial charge in [0.15, 0.2) is 0 Å². The maximum atomic E-state index is 12.2. The van der Waals surface area contributed by atoms with Crippen molar-refractivity contribution in [3.63, 3.8) is 0 Å². The molecule has 0 atom stereocenters. The topological polar surface area (TPSA) is 75.7 Å². The standard InChI is InChI=1S/C18H21ClN2O4S/c1-25-17-9-7-16(8-10-17)20-18(22)13-21(26(2,23)24)12-11-14-3-5-15(19)6-4-14/h3-10H,11-13H2,1-2H3,(H,20,22). The van der Waals surface area contributed by atoms with Crippen LogP contribution in [0.5, 0.6) is 5.75 Å². The Balaban J connectivity index is 1.97. The summed E-state index contributed by atoms with van der Waals surface area (Å²) in [6.07, 6.45) is 1.58. The second-order valence-corrected chi connectivity index (χ2v) is 8.17. The predicted molar refractivity (Wildman–Crippen MR) is 103 cm³/mol. The van der Waals surface area contributed by atoms with Gasteiger partial charge in [0, 0.05) is 17.3 Å². The van der Waals surface area contributed by atoms with Crippen LogP contribution in [0.3, 0.4) is 0 Å². The van der Waals surface area contributed by atoms with Crippen LogP contribution in [0, 0.1) is 0 Å². The van der Waals surface area contributed by atoms with Crippen molar-refractivity contribution in [1.82, 2.24) is 4.31 Å². The van der Waals surface area contributed by atoms with Crippen LogP contribution < -0.4 is 10.1 Å². The van der Waals surface area contributed by atoms with Gasteiger partial charge in [-0.2, -0.15) is 4.31 Å². The van der Waals surface area contributed by atoms with E-state index in [4.69, 9.17) is 16.3 Å². The molecule has 8 heteroatoms. The molecule has 26 heavy (non-hydrogen) atoms. The van der Waals surface area contributed by atoms with Gasteiger partial charge in [-0.15, -0.1) is 0 Å². The van der Waals surface area contributed by atoms with Crippen molar-refractivity contribution in [3.8, 4) is 5.75 Å². The van der Waals surface area contributed by atoms with Crippen molar-refractivity contribution in [2.24, 2.45) is 0 Å². The van der Waals surface area contributed by atoms with Crippen molar-refractivity contribution < 1.29 is 17.9 Å². The van der Waals surface area contributed by atoms with Gasteiger partial charge in [-0.3, -0.25) is 4.79 Å². The number of nitrogens with zero attached hydrogens (tertiary/aromatic N) is 1. The Hall–Kier alpha value is -2.09. The third-order valence-corrected chi connectivity index (χ3v) is 5.23. The Bertz CT molecular complexity index is 836. The number of hydrogen-bond donors (Lipinski definition) is 1. The van der Waals surface area contributed by atoms with E-state index in [0.29, 0.717) is 22.9 Å². The molecule has 0 aliphatic rings. The zero-order valence-electron chi connectivity index (χ0n) is 14.6. The fourth-order valence-electron chi connectivity index (χ4n) is 2.30. The number of nitrogens with one attached hydrogen (secondary N) is 1. The molecular weight excluding hydrogens is 376 g/mol. The fraction of sp³-hybridized carbons (Fsp3) is 0.278. The number of carbonyl (C=O) groups is 1.